The van der Waals surface area contributed by atoms with Gasteiger partial charge in [0.1, 0.15) is 5.75 Å². The fraction of sp³-hybridized carbons (Fsp3) is 0.500. The summed E-state index contributed by atoms with van der Waals surface area (Å²) < 4.78 is 7.20. The molecule has 0 saturated carbocycles. The molecule has 0 fully saturated rings. The molecule has 1 aromatic heterocycles. The smallest absolute Gasteiger partial charge is 0.278 e. The summed E-state index contributed by atoms with van der Waals surface area (Å²) >= 11 is 0. The number of nitrogens with zero attached hydrogens (tertiary/aromatic N) is 2. The fourth-order valence-corrected chi connectivity index (χ4v) is 2.85. The van der Waals surface area contributed by atoms with Crippen LogP contribution in [-0.4, -0.2) is 22.3 Å². The number of rotatable bonds is 6. The highest BCUT2D eigenvalue weighted by molar-refractivity contribution is 5.96. The summed E-state index contributed by atoms with van der Waals surface area (Å²) in [4.78, 5) is 12.8. The van der Waals surface area contributed by atoms with Crippen LogP contribution in [0.2, 0.25) is 0 Å². The van der Waals surface area contributed by atoms with Gasteiger partial charge >= 0.3 is 0 Å². The number of aryl methyl sites for hydroxylation is 1. The zero-order valence-electron chi connectivity index (χ0n) is 15.6. The number of hydrogen-bond donors (Lipinski definition) is 0. The van der Waals surface area contributed by atoms with Gasteiger partial charge in [0.25, 0.3) is 5.91 Å². The molecule has 0 spiro atoms. The maximum atomic E-state index is 12.8. The van der Waals surface area contributed by atoms with E-state index >= 15 is 0 Å². The molecule has 0 bridgehead atoms. The minimum atomic E-state index is -0.0967. The molecule has 0 aliphatic heterocycles. The van der Waals surface area contributed by atoms with Gasteiger partial charge in [-0.2, -0.15) is 5.10 Å². The quantitative estimate of drug-likeness (QED) is 0.769. The number of benzene rings is 1. The highest BCUT2D eigenvalue weighted by Gasteiger charge is 2.20. The van der Waals surface area contributed by atoms with Crippen LogP contribution in [0.1, 0.15) is 67.3 Å². The number of aromatic nitrogens is 2. The molecule has 2 rings (SSSR count). The predicted octanol–water partition coefficient (Wildman–Crippen LogP) is 4.74. The number of carbonyl (C=O) groups excluding carboxylic acids is 1. The molecule has 0 radical (unpaired) electrons. The zero-order valence-corrected chi connectivity index (χ0v) is 15.6. The maximum Gasteiger partial charge on any atom is 0.278 e. The Morgan fingerprint density at radius 1 is 1.17 bits per heavy atom. The lowest BCUT2D eigenvalue weighted by atomic mass is 9.97. The van der Waals surface area contributed by atoms with Crippen molar-refractivity contribution in [1.82, 2.24) is 9.78 Å². The van der Waals surface area contributed by atoms with Gasteiger partial charge in [0.05, 0.1) is 12.3 Å². The molecule has 0 saturated heterocycles. The molecule has 1 unspecified atom stereocenters. The van der Waals surface area contributed by atoms with Crippen LogP contribution >= 0.6 is 0 Å². The summed E-state index contributed by atoms with van der Waals surface area (Å²) in [6.07, 6.45) is 1.03. The van der Waals surface area contributed by atoms with Gasteiger partial charge in [-0.1, -0.05) is 27.7 Å². The SMILES string of the molecule is CCC(C)c1c(C)nn(C(=O)c2ccc(OCC(C)C)cc2)c1C. The molecule has 0 aliphatic rings. The van der Waals surface area contributed by atoms with E-state index in [9.17, 15) is 4.79 Å². The Labute approximate surface area is 144 Å². The monoisotopic (exact) mass is 328 g/mol. The number of hydrogen-bond acceptors (Lipinski definition) is 3. The molecule has 1 aromatic carbocycles. The molecule has 1 heterocycles. The van der Waals surface area contributed by atoms with E-state index in [1.54, 1.807) is 12.1 Å². The van der Waals surface area contributed by atoms with Gasteiger partial charge in [-0.25, -0.2) is 4.68 Å². The van der Waals surface area contributed by atoms with E-state index < -0.39 is 0 Å². The summed E-state index contributed by atoms with van der Waals surface area (Å²) in [7, 11) is 0. The van der Waals surface area contributed by atoms with Crippen molar-refractivity contribution < 1.29 is 9.53 Å². The van der Waals surface area contributed by atoms with Crippen LogP contribution < -0.4 is 4.74 Å². The van der Waals surface area contributed by atoms with E-state index in [0.717, 1.165) is 23.6 Å². The largest absolute Gasteiger partial charge is 0.493 e. The Balaban J connectivity index is 2.23. The molecular weight excluding hydrogens is 300 g/mol. The first-order valence-corrected chi connectivity index (χ1v) is 8.68. The van der Waals surface area contributed by atoms with Crippen molar-refractivity contribution in [2.45, 2.75) is 53.9 Å². The van der Waals surface area contributed by atoms with Gasteiger partial charge in [0.15, 0.2) is 0 Å². The third kappa shape index (κ3) is 3.86. The first-order valence-electron chi connectivity index (χ1n) is 8.68. The second-order valence-corrected chi connectivity index (χ2v) is 6.84. The van der Waals surface area contributed by atoms with Crippen molar-refractivity contribution in [3.05, 3.63) is 46.8 Å². The minimum absolute atomic E-state index is 0.0967. The first-order chi connectivity index (χ1) is 11.3. The molecule has 4 nitrogen and oxygen atoms in total. The minimum Gasteiger partial charge on any atom is -0.493 e. The lowest BCUT2D eigenvalue weighted by molar-refractivity contribution is 0.0942. The average molecular weight is 328 g/mol. The van der Waals surface area contributed by atoms with E-state index in [-0.39, 0.29) is 5.91 Å². The van der Waals surface area contributed by atoms with Crippen molar-refractivity contribution in [3.63, 3.8) is 0 Å². The fourth-order valence-electron chi connectivity index (χ4n) is 2.85. The Hall–Kier alpha value is -2.10. The van der Waals surface area contributed by atoms with Gasteiger partial charge in [0, 0.05) is 11.3 Å². The molecule has 0 amide bonds. The molecule has 0 aliphatic carbocycles. The average Bonchev–Trinajstić information content (AvgIpc) is 2.86. The zero-order chi connectivity index (χ0) is 17.9. The number of ether oxygens (including phenoxy) is 1. The van der Waals surface area contributed by atoms with Crippen LogP contribution in [0.3, 0.4) is 0 Å². The van der Waals surface area contributed by atoms with Gasteiger partial charge in [0.2, 0.25) is 0 Å². The standard InChI is InChI=1S/C20H28N2O2/c1-7-14(4)19-15(5)21-22(16(19)6)20(23)17-8-10-18(11-9-17)24-12-13(2)3/h8-11,13-14H,7,12H2,1-6H3. The van der Waals surface area contributed by atoms with Gasteiger partial charge in [-0.3, -0.25) is 4.79 Å². The summed E-state index contributed by atoms with van der Waals surface area (Å²) in [6, 6.07) is 7.29. The van der Waals surface area contributed by atoms with E-state index in [0.29, 0.717) is 24.0 Å². The molecule has 4 heteroatoms. The van der Waals surface area contributed by atoms with Crippen molar-refractivity contribution in [2.75, 3.05) is 6.61 Å². The molecule has 130 valence electrons. The Morgan fingerprint density at radius 3 is 2.33 bits per heavy atom. The van der Waals surface area contributed by atoms with E-state index in [2.05, 4.69) is 32.8 Å². The van der Waals surface area contributed by atoms with Gasteiger partial charge in [-0.15, -0.1) is 0 Å². The molecular formula is C20H28N2O2. The van der Waals surface area contributed by atoms with Crippen LogP contribution in [0, 0.1) is 19.8 Å². The van der Waals surface area contributed by atoms with Gasteiger partial charge in [-0.05, 0) is 61.9 Å². The maximum absolute atomic E-state index is 12.8. The summed E-state index contributed by atoms with van der Waals surface area (Å²) in [5.41, 5.74) is 3.68. The molecule has 0 N–H and O–H groups in total. The van der Waals surface area contributed by atoms with E-state index in [1.807, 2.05) is 26.0 Å². The van der Waals surface area contributed by atoms with Crippen LogP contribution in [0.15, 0.2) is 24.3 Å². The van der Waals surface area contributed by atoms with Crippen LogP contribution in [0.25, 0.3) is 0 Å². The third-order valence-corrected chi connectivity index (χ3v) is 4.33. The highest BCUT2D eigenvalue weighted by atomic mass is 16.5. The predicted molar refractivity (Wildman–Crippen MR) is 96.9 cm³/mol. The first kappa shape index (κ1) is 18.2. The molecule has 2 aromatic rings. The lowest BCUT2D eigenvalue weighted by Gasteiger charge is -2.10. The Kier molecular flexibility index (Phi) is 5.81. The second kappa shape index (κ2) is 7.65. The van der Waals surface area contributed by atoms with Crippen LogP contribution in [0.4, 0.5) is 0 Å². The Bertz CT molecular complexity index is 699. The van der Waals surface area contributed by atoms with E-state index in [1.165, 1.54) is 10.2 Å². The van der Waals surface area contributed by atoms with Crippen molar-refractivity contribution in [3.8, 4) is 5.75 Å². The summed E-state index contributed by atoms with van der Waals surface area (Å²) in [5, 5.41) is 4.47. The Morgan fingerprint density at radius 2 is 1.79 bits per heavy atom. The van der Waals surface area contributed by atoms with Crippen molar-refractivity contribution >= 4 is 5.91 Å². The van der Waals surface area contributed by atoms with Gasteiger partial charge < -0.3 is 4.74 Å². The topological polar surface area (TPSA) is 44.1 Å². The summed E-state index contributed by atoms with van der Waals surface area (Å²) in [6.45, 7) is 13.2. The summed E-state index contributed by atoms with van der Waals surface area (Å²) in [5.74, 6) is 1.56. The van der Waals surface area contributed by atoms with Crippen LogP contribution in [0.5, 0.6) is 5.75 Å². The highest BCUT2D eigenvalue weighted by Crippen LogP contribution is 2.26. The van der Waals surface area contributed by atoms with E-state index in [4.69, 9.17) is 4.74 Å². The van der Waals surface area contributed by atoms with Crippen LogP contribution in [-0.2, 0) is 0 Å². The number of carbonyl (C=O) groups is 1. The van der Waals surface area contributed by atoms with Crippen molar-refractivity contribution in [1.29, 1.82) is 0 Å². The molecule has 24 heavy (non-hydrogen) atoms. The molecule has 1 atom stereocenters. The lowest BCUT2D eigenvalue weighted by Crippen LogP contribution is -2.15. The third-order valence-electron chi connectivity index (χ3n) is 4.33. The van der Waals surface area contributed by atoms with Crippen molar-refractivity contribution in [2.24, 2.45) is 5.92 Å². The second-order valence-electron chi connectivity index (χ2n) is 6.84. The normalized spacial score (nSPS) is 12.5.